The minimum Gasteiger partial charge on any atom is -0.479 e. The summed E-state index contributed by atoms with van der Waals surface area (Å²) in [6, 6.07) is 0. The molecule has 0 radical (unpaired) electrons. The van der Waals surface area contributed by atoms with Crippen LogP contribution < -0.4 is 0 Å². The molecule has 0 atom stereocenters. The Morgan fingerprint density at radius 3 is 2.63 bits per heavy atom. The third kappa shape index (κ3) is 2.21. The predicted molar refractivity (Wildman–Crippen MR) is 67.8 cm³/mol. The van der Waals surface area contributed by atoms with Crippen LogP contribution in [0.25, 0.3) is 10.7 Å². The lowest BCUT2D eigenvalue weighted by Crippen LogP contribution is -2.37. The molecule has 0 aliphatic heterocycles. The number of carbonyl (C=O) groups is 1. The van der Waals surface area contributed by atoms with E-state index in [-0.39, 0.29) is 5.92 Å². The monoisotopic (exact) mass is 282 g/mol. The zero-order chi connectivity index (χ0) is 14.2. The van der Waals surface area contributed by atoms with Crippen LogP contribution in [0.3, 0.4) is 0 Å². The molecule has 0 saturated carbocycles. The molecule has 0 aliphatic carbocycles. The number of tetrazole rings is 1. The van der Waals surface area contributed by atoms with Crippen molar-refractivity contribution in [3.63, 3.8) is 0 Å². The number of hydrogen-bond acceptors (Lipinski definition) is 7. The highest BCUT2D eigenvalue weighted by atomic mass is 32.1. The van der Waals surface area contributed by atoms with Gasteiger partial charge in [0.1, 0.15) is 4.88 Å². The molecule has 0 fully saturated rings. The minimum absolute atomic E-state index is 0.159. The molecule has 0 amide bonds. The molecule has 2 rings (SSSR count). The zero-order valence-electron chi connectivity index (χ0n) is 11.0. The van der Waals surface area contributed by atoms with Crippen LogP contribution in [0.5, 0.6) is 0 Å². The van der Waals surface area contributed by atoms with E-state index in [2.05, 4.69) is 25.1 Å². The Kier molecular flexibility index (Phi) is 3.31. The average molecular weight is 282 g/mol. The predicted octanol–water partition coefficient (Wildman–Crippen LogP) is 1.13. The molecule has 0 aromatic carbocycles. The SMILES string of the molecule is CC(C)c1nnsc1-c1nnnn1C(C)(C)C(=O)O. The van der Waals surface area contributed by atoms with Gasteiger partial charge in [-0.25, -0.2) is 9.48 Å². The molecule has 0 spiro atoms. The molecule has 0 unspecified atom stereocenters. The largest absolute Gasteiger partial charge is 0.479 e. The quantitative estimate of drug-likeness (QED) is 0.895. The van der Waals surface area contributed by atoms with E-state index in [1.165, 1.54) is 4.68 Å². The van der Waals surface area contributed by atoms with Gasteiger partial charge < -0.3 is 5.11 Å². The summed E-state index contributed by atoms with van der Waals surface area (Å²) in [5, 5.41) is 24.6. The second-order valence-electron chi connectivity index (χ2n) is 4.92. The maximum Gasteiger partial charge on any atom is 0.331 e. The highest BCUT2D eigenvalue weighted by Crippen LogP contribution is 2.31. The molecular weight excluding hydrogens is 268 g/mol. The lowest BCUT2D eigenvalue weighted by molar-refractivity contribution is -0.146. The maximum atomic E-state index is 11.3. The van der Waals surface area contributed by atoms with Crippen LogP contribution in [0.2, 0.25) is 0 Å². The fourth-order valence-corrected chi connectivity index (χ4v) is 2.32. The van der Waals surface area contributed by atoms with Crippen LogP contribution in [0.4, 0.5) is 0 Å². The van der Waals surface area contributed by atoms with Gasteiger partial charge in [0.25, 0.3) is 0 Å². The number of hydrogen-bond donors (Lipinski definition) is 1. The van der Waals surface area contributed by atoms with E-state index in [1.54, 1.807) is 13.8 Å². The van der Waals surface area contributed by atoms with Crippen molar-refractivity contribution in [1.82, 2.24) is 29.8 Å². The third-order valence-corrected chi connectivity index (χ3v) is 3.52. The Morgan fingerprint density at radius 2 is 2.05 bits per heavy atom. The topological polar surface area (TPSA) is 107 Å². The third-order valence-electron chi connectivity index (χ3n) is 2.79. The van der Waals surface area contributed by atoms with E-state index in [1.807, 2.05) is 13.8 Å². The van der Waals surface area contributed by atoms with E-state index < -0.39 is 11.5 Å². The summed E-state index contributed by atoms with van der Waals surface area (Å²) < 4.78 is 5.19. The summed E-state index contributed by atoms with van der Waals surface area (Å²) in [7, 11) is 0. The molecule has 0 bridgehead atoms. The Labute approximate surface area is 113 Å². The van der Waals surface area contributed by atoms with Gasteiger partial charge >= 0.3 is 5.97 Å². The second-order valence-corrected chi connectivity index (χ2v) is 5.67. The van der Waals surface area contributed by atoms with Gasteiger partial charge in [0.15, 0.2) is 11.4 Å². The Hall–Kier alpha value is -1.90. The number of carboxylic acid groups (broad SMARTS) is 1. The Morgan fingerprint density at radius 1 is 1.37 bits per heavy atom. The lowest BCUT2D eigenvalue weighted by atomic mass is 10.1. The number of carboxylic acids is 1. The molecular formula is C10H14N6O2S. The number of rotatable bonds is 4. The van der Waals surface area contributed by atoms with Crippen LogP contribution in [-0.2, 0) is 10.3 Å². The summed E-state index contributed by atoms with van der Waals surface area (Å²) >= 11 is 1.16. The van der Waals surface area contributed by atoms with Gasteiger partial charge in [-0.3, -0.25) is 0 Å². The van der Waals surface area contributed by atoms with Crippen LogP contribution in [-0.4, -0.2) is 40.9 Å². The first-order valence-electron chi connectivity index (χ1n) is 5.70. The van der Waals surface area contributed by atoms with Gasteiger partial charge in [-0.15, -0.1) is 10.2 Å². The molecule has 1 N–H and O–H groups in total. The molecule has 2 aromatic heterocycles. The summed E-state index contributed by atoms with van der Waals surface area (Å²) in [5.41, 5.74) is -0.473. The number of aromatic nitrogens is 6. The van der Waals surface area contributed by atoms with Crippen LogP contribution in [0.1, 0.15) is 39.3 Å². The molecule has 19 heavy (non-hydrogen) atoms. The first-order valence-corrected chi connectivity index (χ1v) is 6.48. The fraction of sp³-hybridized carbons (Fsp3) is 0.600. The summed E-state index contributed by atoms with van der Waals surface area (Å²) in [5.74, 6) is -0.470. The maximum absolute atomic E-state index is 11.3. The van der Waals surface area contributed by atoms with Gasteiger partial charge in [-0.2, -0.15) is 0 Å². The molecule has 9 heteroatoms. The standard InChI is InChI=1S/C10H14N6O2S/c1-5(2)6-7(19-15-11-6)8-12-13-14-16(8)10(3,4)9(17)18/h5H,1-4H3,(H,17,18). The van der Waals surface area contributed by atoms with Crippen molar-refractivity contribution in [2.24, 2.45) is 0 Å². The van der Waals surface area contributed by atoms with Gasteiger partial charge in [0, 0.05) is 0 Å². The van der Waals surface area contributed by atoms with Crippen LogP contribution >= 0.6 is 11.5 Å². The van der Waals surface area contributed by atoms with Crippen molar-refractivity contribution in [2.45, 2.75) is 39.2 Å². The van der Waals surface area contributed by atoms with Crippen molar-refractivity contribution in [3.05, 3.63) is 5.69 Å². The first kappa shape index (κ1) is 13.5. The van der Waals surface area contributed by atoms with E-state index in [0.717, 1.165) is 17.2 Å². The summed E-state index contributed by atoms with van der Waals surface area (Å²) in [6.45, 7) is 7.05. The van der Waals surface area contributed by atoms with E-state index in [0.29, 0.717) is 10.7 Å². The number of aliphatic carboxylic acids is 1. The highest BCUT2D eigenvalue weighted by Gasteiger charge is 2.35. The van der Waals surface area contributed by atoms with Gasteiger partial charge in [0.2, 0.25) is 0 Å². The Bertz CT molecular complexity index is 603. The fourth-order valence-electron chi connectivity index (χ4n) is 1.53. The molecule has 8 nitrogen and oxygen atoms in total. The van der Waals surface area contributed by atoms with Gasteiger partial charge in [-0.1, -0.05) is 18.3 Å². The molecule has 2 heterocycles. The van der Waals surface area contributed by atoms with Crippen molar-refractivity contribution < 1.29 is 9.90 Å². The van der Waals surface area contributed by atoms with E-state index in [4.69, 9.17) is 0 Å². The number of nitrogens with zero attached hydrogens (tertiary/aromatic N) is 6. The summed E-state index contributed by atoms with van der Waals surface area (Å²) in [6.07, 6.45) is 0. The average Bonchev–Trinajstić information content (AvgIpc) is 2.97. The smallest absolute Gasteiger partial charge is 0.331 e. The van der Waals surface area contributed by atoms with Crippen molar-refractivity contribution in [1.29, 1.82) is 0 Å². The first-order chi connectivity index (χ1) is 8.85. The second kappa shape index (κ2) is 4.65. The highest BCUT2D eigenvalue weighted by molar-refractivity contribution is 7.09. The van der Waals surface area contributed by atoms with Crippen molar-refractivity contribution in [2.75, 3.05) is 0 Å². The lowest BCUT2D eigenvalue weighted by Gasteiger charge is -2.20. The van der Waals surface area contributed by atoms with E-state index >= 15 is 0 Å². The van der Waals surface area contributed by atoms with Gasteiger partial charge in [-0.05, 0) is 41.7 Å². The molecule has 0 aliphatic rings. The van der Waals surface area contributed by atoms with Gasteiger partial charge in [0.05, 0.1) is 5.69 Å². The van der Waals surface area contributed by atoms with Crippen LogP contribution in [0.15, 0.2) is 0 Å². The minimum atomic E-state index is -1.24. The normalized spacial score (nSPS) is 12.1. The summed E-state index contributed by atoms with van der Waals surface area (Å²) in [4.78, 5) is 12.0. The molecule has 0 saturated heterocycles. The van der Waals surface area contributed by atoms with Crippen molar-refractivity contribution >= 4 is 17.5 Å². The van der Waals surface area contributed by atoms with E-state index in [9.17, 15) is 9.90 Å². The van der Waals surface area contributed by atoms with Crippen molar-refractivity contribution in [3.8, 4) is 10.7 Å². The zero-order valence-corrected chi connectivity index (χ0v) is 11.8. The molecule has 102 valence electrons. The molecule has 2 aromatic rings. The Balaban J connectivity index is 2.57. The van der Waals surface area contributed by atoms with Crippen LogP contribution in [0, 0.1) is 0 Å².